The van der Waals surface area contributed by atoms with Gasteiger partial charge in [-0.1, -0.05) is 18.7 Å². The van der Waals surface area contributed by atoms with Crippen LogP contribution in [0.4, 0.5) is 4.79 Å². The molecular formula is C6H12ClNOS. The van der Waals surface area contributed by atoms with Crippen LogP contribution in [0.15, 0.2) is 0 Å². The van der Waals surface area contributed by atoms with Crippen molar-refractivity contribution in [1.82, 2.24) is 5.32 Å². The fourth-order valence-electron chi connectivity index (χ4n) is 0.413. The minimum Gasteiger partial charge on any atom is -0.343 e. The first-order valence-corrected chi connectivity index (χ1v) is 4.72. The van der Waals surface area contributed by atoms with Gasteiger partial charge in [0.25, 0.3) is 5.24 Å². The van der Waals surface area contributed by atoms with Crippen LogP contribution in [0.3, 0.4) is 0 Å². The summed E-state index contributed by atoms with van der Waals surface area (Å²) in [5.74, 6) is 1.27. The van der Waals surface area contributed by atoms with Crippen molar-refractivity contribution in [3.05, 3.63) is 0 Å². The van der Waals surface area contributed by atoms with Gasteiger partial charge in [0.2, 0.25) is 0 Å². The predicted molar refractivity (Wildman–Crippen MR) is 46.8 cm³/mol. The fraction of sp³-hybridized carbons (Fsp3) is 0.833. The molecule has 1 unspecified atom stereocenters. The van der Waals surface area contributed by atoms with E-state index < -0.39 is 0 Å². The average molecular weight is 182 g/mol. The molecule has 0 bridgehead atoms. The lowest BCUT2D eigenvalue weighted by atomic mass is 10.4. The van der Waals surface area contributed by atoms with E-state index in [0.717, 1.165) is 5.75 Å². The molecule has 0 fully saturated rings. The molecule has 0 rings (SSSR count). The SMILES string of the molecule is CCSC(=O)NC(C)CCl. The van der Waals surface area contributed by atoms with E-state index in [9.17, 15) is 4.79 Å². The molecule has 0 saturated carbocycles. The Labute approximate surface area is 70.7 Å². The van der Waals surface area contributed by atoms with Crippen molar-refractivity contribution in [3.63, 3.8) is 0 Å². The zero-order valence-corrected chi connectivity index (χ0v) is 7.76. The van der Waals surface area contributed by atoms with Crippen LogP contribution in [0.2, 0.25) is 0 Å². The van der Waals surface area contributed by atoms with E-state index in [1.807, 2.05) is 13.8 Å². The summed E-state index contributed by atoms with van der Waals surface area (Å²) in [4.78, 5) is 10.8. The smallest absolute Gasteiger partial charge is 0.279 e. The molecule has 0 radical (unpaired) electrons. The first-order chi connectivity index (χ1) is 4.70. The van der Waals surface area contributed by atoms with Gasteiger partial charge < -0.3 is 5.32 Å². The molecule has 0 saturated heterocycles. The number of thioether (sulfide) groups is 1. The monoisotopic (exact) mass is 181 g/mol. The van der Waals surface area contributed by atoms with E-state index in [0.29, 0.717) is 5.88 Å². The first-order valence-electron chi connectivity index (χ1n) is 3.20. The summed E-state index contributed by atoms with van der Waals surface area (Å²) in [5.41, 5.74) is 0. The van der Waals surface area contributed by atoms with Crippen molar-refractivity contribution in [2.75, 3.05) is 11.6 Å². The van der Waals surface area contributed by atoms with Crippen molar-refractivity contribution in [2.24, 2.45) is 0 Å². The molecule has 0 aliphatic rings. The molecule has 0 aliphatic carbocycles. The fourth-order valence-corrected chi connectivity index (χ4v) is 1.04. The average Bonchev–Trinajstić information content (AvgIpc) is 1.88. The maximum Gasteiger partial charge on any atom is 0.279 e. The van der Waals surface area contributed by atoms with E-state index in [2.05, 4.69) is 5.32 Å². The van der Waals surface area contributed by atoms with Gasteiger partial charge in [-0.25, -0.2) is 0 Å². The Morgan fingerprint density at radius 1 is 1.80 bits per heavy atom. The van der Waals surface area contributed by atoms with Crippen LogP contribution in [-0.4, -0.2) is 22.9 Å². The van der Waals surface area contributed by atoms with E-state index in [1.165, 1.54) is 11.8 Å². The highest BCUT2D eigenvalue weighted by atomic mass is 35.5. The van der Waals surface area contributed by atoms with Crippen LogP contribution in [-0.2, 0) is 0 Å². The highest BCUT2D eigenvalue weighted by molar-refractivity contribution is 8.13. The number of carbonyl (C=O) groups excluding carboxylic acids is 1. The number of hydrogen-bond acceptors (Lipinski definition) is 2. The summed E-state index contributed by atoms with van der Waals surface area (Å²) < 4.78 is 0. The second-order valence-electron chi connectivity index (χ2n) is 1.92. The zero-order valence-electron chi connectivity index (χ0n) is 6.19. The third-order valence-electron chi connectivity index (χ3n) is 0.871. The van der Waals surface area contributed by atoms with Crippen molar-refractivity contribution in [1.29, 1.82) is 0 Å². The molecule has 0 aromatic carbocycles. The Kier molecular flexibility index (Phi) is 5.93. The minimum atomic E-state index is 0.00986. The van der Waals surface area contributed by atoms with Gasteiger partial charge in [0.15, 0.2) is 0 Å². The lowest BCUT2D eigenvalue weighted by molar-refractivity contribution is 0.259. The number of halogens is 1. The molecular weight excluding hydrogens is 170 g/mol. The highest BCUT2D eigenvalue weighted by Gasteiger charge is 2.03. The van der Waals surface area contributed by atoms with Gasteiger partial charge in [0, 0.05) is 11.9 Å². The van der Waals surface area contributed by atoms with Crippen molar-refractivity contribution in [3.8, 4) is 0 Å². The normalized spacial score (nSPS) is 12.7. The topological polar surface area (TPSA) is 29.1 Å². The van der Waals surface area contributed by atoms with Crippen LogP contribution in [0, 0.1) is 0 Å². The first kappa shape index (κ1) is 10.1. The Morgan fingerprint density at radius 2 is 2.40 bits per heavy atom. The summed E-state index contributed by atoms with van der Waals surface area (Å²) in [5, 5.41) is 2.73. The molecule has 1 atom stereocenters. The van der Waals surface area contributed by atoms with Crippen LogP contribution in [0.5, 0.6) is 0 Å². The van der Waals surface area contributed by atoms with E-state index in [-0.39, 0.29) is 11.3 Å². The Hall–Kier alpha value is 0.110. The third-order valence-corrected chi connectivity index (χ3v) is 2.00. The molecule has 2 nitrogen and oxygen atoms in total. The molecule has 0 aromatic heterocycles. The van der Waals surface area contributed by atoms with Crippen LogP contribution < -0.4 is 5.32 Å². The number of amides is 1. The Morgan fingerprint density at radius 3 is 2.80 bits per heavy atom. The van der Waals surface area contributed by atoms with Crippen LogP contribution in [0.1, 0.15) is 13.8 Å². The molecule has 1 N–H and O–H groups in total. The van der Waals surface area contributed by atoms with Gasteiger partial charge in [0.05, 0.1) is 0 Å². The van der Waals surface area contributed by atoms with Crippen molar-refractivity contribution >= 4 is 28.6 Å². The summed E-state index contributed by atoms with van der Waals surface area (Å²) in [7, 11) is 0. The summed E-state index contributed by atoms with van der Waals surface area (Å²) in [6, 6.07) is 0.0771. The number of rotatable bonds is 3. The lowest BCUT2D eigenvalue weighted by Gasteiger charge is -2.08. The lowest BCUT2D eigenvalue weighted by Crippen LogP contribution is -2.30. The van der Waals surface area contributed by atoms with Gasteiger partial charge in [-0.3, -0.25) is 4.79 Å². The molecule has 4 heteroatoms. The van der Waals surface area contributed by atoms with Gasteiger partial charge >= 0.3 is 0 Å². The van der Waals surface area contributed by atoms with Crippen LogP contribution >= 0.6 is 23.4 Å². The summed E-state index contributed by atoms with van der Waals surface area (Å²) in [6.07, 6.45) is 0. The van der Waals surface area contributed by atoms with Gasteiger partial charge in [-0.2, -0.15) is 0 Å². The number of carbonyl (C=O) groups is 1. The molecule has 60 valence electrons. The molecule has 0 aliphatic heterocycles. The second kappa shape index (κ2) is 5.86. The zero-order chi connectivity index (χ0) is 7.98. The van der Waals surface area contributed by atoms with E-state index in [1.54, 1.807) is 0 Å². The van der Waals surface area contributed by atoms with Crippen LogP contribution in [0.25, 0.3) is 0 Å². The second-order valence-corrected chi connectivity index (χ2v) is 3.47. The van der Waals surface area contributed by atoms with E-state index >= 15 is 0 Å². The van der Waals surface area contributed by atoms with Crippen molar-refractivity contribution < 1.29 is 4.79 Å². The summed E-state index contributed by atoms with van der Waals surface area (Å²) >= 11 is 6.74. The molecule has 0 spiro atoms. The molecule has 10 heavy (non-hydrogen) atoms. The van der Waals surface area contributed by atoms with Gasteiger partial charge in [-0.15, -0.1) is 11.6 Å². The number of hydrogen-bond donors (Lipinski definition) is 1. The Bertz CT molecular complexity index is 110. The van der Waals surface area contributed by atoms with Crippen molar-refractivity contribution in [2.45, 2.75) is 19.9 Å². The quantitative estimate of drug-likeness (QED) is 0.676. The summed E-state index contributed by atoms with van der Waals surface area (Å²) in [6.45, 7) is 3.82. The minimum absolute atomic E-state index is 0.00986. The van der Waals surface area contributed by atoms with Gasteiger partial charge in [0.1, 0.15) is 0 Å². The maximum atomic E-state index is 10.8. The molecule has 0 aromatic rings. The third kappa shape index (κ3) is 4.94. The van der Waals surface area contributed by atoms with E-state index in [4.69, 9.17) is 11.6 Å². The number of alkyl halides is 1. The van der Waals surface area contributed by atoms with Gasteiger partial charge in [-0.05, 0) is 12.7 Å². The predicted octanol–water partition coefficient (Wildman–Crippen LogP) is 2.08. The highest BCUT2D eigenvalue weighted by Crippen LogP contribution is 2.00. The Balaban J connectivity index is 3.37. The maximum absolute atomic E-state index is 10.8. The number of nitrogens with one attached hydrogen (secondary N) is 1. The molecule has 0 heterocycles. The molecule has 1 amide bonds. The largest absolute Gasteiger partial charge is 0.343 e. The standard InChI is InChI=1S/C6H12ClNOS/c1-3-10-6(9)8-5(2)4-7/h5H,3-4H2,1-2H3,(H,8,9).